The Morgan fingerprint density at radius 2 is 1.67 bits per heavy atom. The third kappa shape index (κ3) is 3.45. The standard InChI is InChI=1S/C19H18BrNO6/c20-14-8-16-15(25-5-6-26-16)7-11(14)10-27-17(22)9-21-18(23)12-3-1-2-4-13(12)19(21)24/h1-2,7-8,12-13H,3-6,9-10H2. The molecule has 0 aromatic heterocycles. The van der Waals surface area contributed by atoms with Crippen LogP contribution >= 0.6 is 15.9 Å². The van der Waals surface area contributed by atoms with Crippen molar-refractivity contribution in [3.05, 3.63) is 34.3 Å². The summed E-state index contributed by atoms with van der Waals surface area (Å²) in [6.07, 6.45) is 4.91. The normalized spacial score (nSPS) is 23.4. The first-order valence-corrected chi connectivity index (χ1v) is 9.58. The van der Waals surface area contributed by atoms with E-state index in [-0.39, 0.29) is 36.8 Å². The minimum atomic E-state index is -0.620. The van der Waals surface area contributed by atoms with Crippen LogP contribution in [0.1, 0.15) is 18.4 Å². The highest BCUT2D eigenvalue weighted by Gasteiger charge is 2.47. The molecule has 2 heterocycles. The second-order valence-corrected chi connectivity index (χ2v) is 7.52. The van der Waals surface area contributed by atoms with E-state index in [0.717, 1.165) is 9.37 Å². The molecule has 0 N–H and O–H groups in total. The predicted molar refractivity (Wildman–Crippen MR) is 97.0 cm³/mol. The lowest BCUT2D eigenvalue weighted by atomic mass is 9.85. The molecular weight excluding hydrogens is 418 g/mol. The molecule has 27 heavy (non-hydrogen) atoms. The van der Waals surface area contributed by atoms with Crippen LogP contribution in [0.3, 0.4) is 0 Å². The van der Waals surface area contributed by atoms with Gasteiger partial charge in [0.25, 0.3) is 0 Å². The zero-order valence-corrected chi connectivity index (χ0v) is 16.1. The number of imide groups is 1. The number of likely N-dealkylation sites (tertiary alicyclic amines) is 1. The summed E-state index contributed by atoms with van der Waals surface area (Å²) in [5, 5.41) is 0. The molecule has 7 nitrogen and oxygen atoms in total. The van der Waals surface area contributed by atoms with Gasteiger partial charge in [-0.2, -0.15) is 0 Å². The highest BCUT2D eigenvalue weighted by atomic mass is 79.9. The molecular formula is C19H18BrNO6. The van der Waals surface area contributed by atoms with E-state index in [1.54, 1.807) is 12.1 Å². The number of fused-ring (bicyclic) bond motifs is 2. The van der Waals surface area contributed by atoms with Gasteiger partial charge in [0, 0.05) is 10.0 Å². The number of benzene rings is 1. The summed E-state index contributed by atoms with van der Waals surface area (Å²) in [5.41, 5.74) is 0.713. The van der Waals surface area contributed by atoms with Crippen molar-refractivity contribution in [3.63, 3.8) is 0 Å². The van der Waals surface area contributed by atoms with Crippen molar-refractivity contribution >= 4 is 33.7 Å². The summed E-state index contributed by atoms with van der Waals surface area (Å²) in [6, 6.07) is 3.52. The van der Waals surface area contributed by atoms with Gasteiger partial charge in [0.15, 0.2) is 11.5 Å². The maximum absolute atomic E-state index is 12.4. The van der Waals surface area contributed by atoms with Crippen molar-refractivity contribution in [2.75, 3.05) is 19.8 Å². The number of halogens is 1. The molecule has 2 unspecified atom stereocenters. The van der Waals surface area contributed by atoms with Gasteiger partial charge in [-0.25, -0.2) is 0 Å². The first kappa shape index (κ1) is 18.0. The number of rotatable bonds is 4. The molecule has 4 rings (SSSR count). The molecule has 2 aliphatic heterocycles. The smallest absolute Gasteiger partial charge is 0.326 e. The number of amides is 2. The zero-order chi connectivity index (χ0) is 19.0. The van der Waals surface area contributed by atoms with E-state index < -0.39 is 5.97 Å². The molecule has 0 bridgehead atoms. The van der Waals surface area contributed by atoms with Gasteiger partial charge < -0.3 is 14.2 Å². The van der Waals surface area contributed by atoms with Crippen molar-refractivity contribution in [1.29, 1.82) is 0 Å². The number of nitrogens with zero attached hydrogens (tertiary/aromatic N) is 1. The van der Waals surface area contributed by atoms with Crippen molar-refractivity contribution in [3.8, 4) is 11.5 Å². The molecule has 1 fully saturated rings. The molecule has 1 aliphatic carbocycles. The number of ether oxygens (including phenoxy) is 3. The molecule has 0 saturated carbocycles. The lowest BCUT2D eigenvalue weighted by Crippen LogP contribution is -2.36. The number of esters is 1. The Morgan fingerprint density at radius 3 is 2.30 bits per heavy atom. The molecule has 3 aliphatic rings. The van der Waals surface area contributed by atoms with Gasteiger partial charge >= 0.3 is 5.97 Å². The summed E-state index contributed by atoms with van der Waals surface area (Å²) in [4.78, 5) is 38.0. The summed E-state index contributed by atoms with van der Waals surface area (Å²) >= 11 is 3.42. The van der Waals surface area contributed by atoms with E-state index in [1.165, 1.54) is 0 Å². The average molecular weight is 436 g/mol. The Hall–Kier alpha value is -2.35. The Morgan fingerprint density at radius 1 is 1.07 bits per heavy atom. The average Bonchev–Trinajstić information content (AvgIpc) is 2.91. The summed E-state index contributed by atoms with van der Waals surface area (Å²) in [7, 11) is 0. The second-order valence-electron chi connectivity index (χ2n) is 6.67. The maximum Gasteiger partial charge on any atom is 0.326 e. The fourth-order valence-electron chi connectivity index (χ4n) is 3.57. The van der Waals surface area contributed by atoms with E-state index in [1.807, 2.05) is 12.2 Å². The van der Waals surface area contributed by atoms with Crippen LogP contribution in [0.5, 0.6) is 11.5 Å². The van der Waals surface area contributed by atoms with Crippen molar-refractivity contribution < 1.29 is 28.6 Å². The third-order valence-electron chi connectivity index (χ3n) is 4.99. The second kappa shape index (κ2) is 7.34. The molecule has 0 spiro atoms. The number of allylic oxidation sites excluding steroid dienone is 2. The van der Waals surface area contributed by atoms with Gasteiger partial charge in [-0.1, -0.05) is 28.1 Å². The zero-order valence-electron chi connectivity index (χ0n) is 14.5. The van der Waals surface area contributed by atoms with E-state index in [2.05, 4.69) is 15.9 Å². The predicted octanol–water partition coefficient (Wildman–Crippen LogP) is 2.21. The first-order valence-electron chi connectivity index (χ1n) is 8.78. The fraction of sp³-hybridized carbons (Fsp3) is 0.421. The van der Waals surface area contributed by atoms with E-state index in [4.69, 9.17) is 14.2 Å². The van der Waals surface area contributed by atoms with E-state index in [9.17, 15) is 14.4 Å². The Labute approximate surface area is 164 Å². The molecule has 8 heteroatoms. The molecule has 1 aromatic rings. The minimum absolute atomic E-state index is 0.000685. The van der Waals surface area contributed by atoms with Gasteiger partial charge in [-0.15, -0.1) is 0 Å². The SMILES string of the molecule is O=C(CN1C(=O)C2CC=CCC2C1=O)OCc1cc2c(cc1Br)OCCO2. The van der Waals surface area contributed by atoms with Crippen LogP contribution in [0.15, 0.2) is 28.8 Å². The minimum Gasteiger partial charge on any atom is -0.486 e. The fourth-order valence-corrected chi connectivity index (χ4v) is 4.01. The topological polar surface area (TPSA) is 82.1 Å². The molecule has 1 aromatic carbocycles. The van der Waals surface area contributed by atoms with Gasteiger partial charge in [0.2, 0.25) is 11.8 Å². The van der Waals surface area contributed by atoms with Crippen LogP contribution in [0.2, 0.25) is 0 Å². The van der Waals surface area contributed by atoms with Crippen LogP contribution in [0, 0.1) is 11.8 Å². The Balaban J connectivity index is 1.38. The van der Waals surface area contributed by atoms with Crippen LogP contribution in [-0.2, 0) is 25.7 Å². The van der Waals surface area contributed by atoms with Gasteiger partial charge in [0.1, 0.15) is 26.4 Å². The van der Waals surface area contributed by atoms with Gasteiger partial charge in [-0.3, -0.25) is 19.3 Å². The summed E-state index contributed by atoms with van der Waals surface area (Å²) < 4.78 is 17.0. The summed E-state index contributed by atoms with van der Waals surface area (Å²) in [5.74, 6) is -0.655. The molecule has 142 valence electrons. The number of hydrogen-bond acceptors (Lipinski definition) is 6. The Kier molecular flexibility index (Phi) is 4.90. The van der Waals surface area contributed by atoms with Crippen LogP contribution in [0.4, 0.5) is 0 Å². The quantitative estimate of drug-likeness (QED) is 0.409. The van der Waals surface area contributed by atoms with Gasteiger partial charge in [-0.05, 0) is 25.0 Å². The monoisotopic (exact) mass is 435 g/mol. The molecule has 0 radical (unpaired) electrons. The first-order chi connectivity index (χ1) is 13.0. The maximum atomic E-state index is 12.4. The van der Waals surface area contributed by atoms with Crippen molar-refractivity contribution in [2.45, 2.75) is 19.4 Å². The molecule has 2 atom stereocenters. The third-order valence-corrected chi connectivity index (χ3v) is 5.72. The van der Waals surface area contributed by atoms with Crippen LogP contribution in [-0.4, -0.2) is 42.4 Å². The van der Waals surface area contributed by atoms with E-state index >= 15 is 0 Å². The summed E-state index contributed by atoms with van der Waals surface area (Å²) in [6.45, 7) is 0.598. The number of carbonyl (C=O) groups excluding carboxylic acids is 3. The van der Waals surface area contributed by atoms with Crippen molar-refractivity contribution in [2.24, 2.45) is 11.8 Å². The van der Waals surface area contributed by atoms with Crippen LogP contribution < -0.4 is 9.47 Å². The number of hydrogen-bond donors (Lipinski definition) is 0. The lowest BCUT2D eigenvalue weighted by molar-refractivity contribution is -0.153. The largest absolute Gasteiger partial charge is 0.486 e. The Bertz CT molecular complexity index is 810. The molecule has 1 saturated heterocycles. The van der Waals surface area contributed by atoms with Gasteiger partial charge in [0.05, 0.1) is 11.8 Å². The highest BCUT2D eigenvalue weighted by molar-refractivity contribution is 9.10. The van der Waals surface area contributed by atoms with Crippen molar-refractivity contribution in [1.82, 2.24) is 4.90 Å². The molecule has 2 amide bonds. The van der Waals surface area contributed by atoms with Crippen LogP contribution in [0.25, 0.3) is 0 Å². The van der Waals surface area contributed by atoms with E-state index in [0.29, 0.717) is 43.1 Å². The highest BCUT2D eigenvalue weighted by Crippen LogP contribution is 2.36. The lowest BCUT2D eigenvalue weighted by Gasteiger charge is -2.20. The number of carbonyl (C=O) groups is 3.